The Kier molecular flexibility index (Phi) is 6.61. The predicted molar refractivity (Wildman–Crippen MR) is 73.2 cm³/mol. The largest absolute Gasteiger partial charge is 0.468 e. The number of hydrogen-bond donors (Lipinski definition) is 0. The van der Waals surface area contributed by atoms with Gasteiger partial charge >= 0.3 is 11.9 Å². The second-order valence-corrected chi connectivity index (χ2v) is 4.49. The monoisotopic (exact) mass is 315 g/mol. The fraction of sp³-hybridized carbons (Fsp3) is 0.385. The van der Waals surface area contributed by atoms with Crippen molar-refractivity contribution in [1.82, 2.24) is 0 Å². The van der Waals surface area contributed by atoms with Gasteiger partial charge in [0, 0.05) is 11.4 Å². The van der Waals surface area contributed by atoms with Gasteiger partial charge in [-0.2, -0.15) is 0 Å². The lowest BCUT2D eigenvalue weighted by atomic mass is 9.97. The molecule has 0 aliphatic carbocycles. The summed E-state index contributed by atoms with van der Waals surface area (Å²) in [6, 6.07) is 6.38. The van der Waals surface area contributed by atoms with Crippen LogP contribution in [0.4, 0.5) is 0 Å². The van der Waals surface area contributed by atoms with Crippen LogP contribution in [0.2, 0.25) is 5.02 Å². The van der Waals surface area contributed by atoms with E-state index in [9.17, 15) is 14.5 Å². The molecule has 1 aromatic rings. The van der Waals surface area contributed by atoms with Crippen LogP contribution in [0.1, 0.15) is 18.1 Å². The van der Waals surface area contributed by atoms with Crippen molar-refractivity contribution in [2.45, 2.75) is 12.5 Å². The molecule has 114 valence electrons. The highest BCUT2D eigenvalue weighted by atomic mass is 35.5. The maximum Gasteiger partial charge on any atom is 0.320 e. The summed E-state index contributed by atoms with van der Waals surface area (Å²) in [7, 11) is 2.29. The lowest BCUT2D eigenvalue weighted by Gasteiger charge is -2.18. The van der Waals surface area contributed by atoms with Crippen molar-refractivity contribution in [3.63, 3.8) is 0 Å². The average molecular weight is 316 g/mol. The molecule has 0 aliphatic heterocycles. The fourth-order valence-corrected chi connectivity index (χ4v) is 1.88. The molecule has 1 unspecified atom stereocenters. The van der Waals surface area contributed by atoms with Crippen LogP contribution in [0.5, 0.6) is 0 Å². The van der Waals surface area contributed by atoms with Crippen molar-refractivity contribution in [2.75, 3.05) is 14.2 Å². The van der Waals surface area contributed by atoms with Gasteiger partial charge in [-0.15, -0.1) is 4.91 Å². The van der Waals surface area contributed by atoms with E-state index in [4.69, 9.17) is 16.4 Å². The molecule has 0 aromatic heterocycles. The van der Waals surface area contributed by atoms with Crippen molar-refractivity contribution in [1.29, 1.82) is 0 Å². The van der Waals surface area contributed by atoms with E-state index < -0.39 is 24.0 Å². The summed E-state index contributed by atoms with van der Waals surface area (Å²) in [5.41, 5.74) is 0.539. The first-order valence-corrected chi connectivity index (χ1v) is 6.30. The van der Waals surface area contributed by atoms with E-state index in [1.807, 2.05) is 0 Å². The minimum Gasteiger partial charge on any atom is -0.468 e. The Hall–Kier alpha value is -2.15. The Morgan fingerprint density at radius 2 is 1.67 bits per heavy atom. The molecule has 0 heterocycles. The molecule has 1 rings (SSSR count). The third kappa shape index (κ3) is 4.71. The highest BCUT2D eigenvalue weighted by molar-refractivity contribution is 6.30. The van der Waals surface area contributed by atoms with Gasteiger partial charge in [0.05, 0.1) is 14.2 Å². The molecular weight excluding hydrogens is 302 g/mol. The van der Waals surface area contributed by atoms with Gasteiger partial charge in [-0.1, -0.05) is 23.7 Å². The molecule has 0 fully saturated rings. The van der Waals surface area contributed by atoms with E-state index in [2.05, 4.69) is 14.8 Å². The van der Waals surface area contributed by atoms with Gasteiger partial charge in [0.25, 0.3) is 0 Å². The van der Waals surface area contributed by atoms with Crippen LogP contribution in [0, 0.1) is 10.8 Å². The first kappa shape index (κ1) is 16.9. The van der Waals surface area contributed by atoms with Gasteiger partial charge in [-0.05, 0) is 17.7 Å². The topological polar surface area (TPSA) is 91.3 Å². The molecular formula is C13H14ClNO6. The molecule has 1 atom stereocenters. The SMILES string of the molecule is COC(=O)C(CC(ON=O)c1ccc(Cl)cc1)C(=O)OC. The summed E-state index contributed by atoms with van der Waals surface area (Å²) in [6.07, 6.45) is -1.05. The van der Waals surface area contributed by atoms with Gasteiger partial charge in [0.2, 0.25) is 0 Å². The van der Waals surface area contributed by atoms with Crippen LogP contribution >= 0.6 is 11.6 Å². The summed E-state index contributed by atoms with van der Waals surface area (Å²) in [4.78, 5) is 38.3. The lowest BCUT2D eigenvalue weighted by Crippen LogP contribution is -2.28. The molecule has 21 heavy (non-hydrogen) atoms. The highest BCUT2D eigenvalue weighted by Crippen LogP contribution is 2.28. The summed E-state index contributed by atoms with van der Waals surface area (Å²) < 4.78 is 9.09. The number of carbonyl (C=O) groups is 2. The second-order valence-electron chi connectivity index (χ2n) is 4.05. The van der Waals surface area contributed by atoms with Gasteiger partial charge in [-0.3, -0.25) is 9.59 Å². The zero-order valence-electron chi connectivity index (χ0n) is 11.4. The summed E-state index contributed by atoms with van der Waals surface area (Å²) in [6.45, 7) is 0. The van der Waals surface area contributed by atoms with Crippen LogP contribution in [-0.4, -0.2) is 26.2 Å². The van der Waals surface area contributed by atoms with Crippen molar-refractivity contribution < 1.29 is 23.9 Å². The smallest absolute Gasteiger partial charge is 0.320 e. The molecule has 0 aliphatic rings. The van der Waals surface area contributed by atoms with Crippen LogP contribution in [0.15, 0.2) is 29.6 Å². The van der Waals surface area contributed by atoms with E-state index in [0.29, 0.717) is 10.6 Å². The molecule has 0 radical (unpaired) electrons. The number of methoxy groups -OCH3 is 2. The van der Waals surface area contributed by atoms with Crippen LogP contribution in [0.3, 0.4) is 0 Å². The van der Waals surface area contributed by atoms with Gasteiger partial charge in [-0.25, -0.2) is 0 Å². The number of ether oxygens (including phenoxy) is 2. The highest BCUT2D eigenvalue weighted by Gasteiger charge is 2.33. The van der Waals surface area contributed by atoms with Crippen LogP contribution < -0.4 is 0 Å². The Labute approximate surface area is 126 Å². The molecule has 0 amide bonds. The predicted octanol–water partition coefficient (Wildman–Crippen LogP) is 2.43. The molecule has 8 heteroatoms. The first-order valence-electron chi connectivity index (χ1n) is 5.93. The fourth-order valence-electron chi connectivity index (χ4n) is 1.76. The van der Waals surface area contributed by atoms with Crippen molar-refractivity contribution in [2.24, 2.45) is 11.3 Å². The molecule has 0 saturated carbocycles. The third-order valence-electron chi connectivity index (χ3n) is 2.83. The van der Waals surface area contributed by atoms with Gasteiger partial charge in [0.1, 0.15) is 0 Å². The Balaban J connectivity index is 2.98. The average Bonchev–Trinajstić information content (AvgIpc) is 2.50. The maximum absolute atomic E-state index is 11.6. The molecule has 7 nitrogen and oxygen atoms in total. The van der Waals surface area contributed by atoms with Gasteiger partial charge < -0.3 is 14.3 Å². The summed E-state index contributed by atoms with van der Waals surface area (Å²) in [5, 5.41) is 2.87. The molecule has 0 bridgehead atoms. The van der Waals surface area contributed by atoms with Crippen LogP contribution in [-0.2, 0) is 23.9 Å². The normalized spacial score (nSPS) is 11.6. The van der Waals surface area contributed by atoms with E-state index in [1.54, 1.807) is 24.3 Å². The lowest BCUT2D eigenvalue weighted by molar-refractivity contribution is -0.160. The first-order chi connectivity index (χ1) is 10.0. The van der Waals surface area contributed by atoms with E-state index in [1.165, 1.54) is 0 Å². The Morgan fingerprint density at radius 1 is 1.14 bits per heavy atom. The number of carbonyl (C=O) groups excluding carboxylic acids is 2. The van der Waals surface area contributed by atoms with Crippen molar-refractivity contribution in [3.05, 3.63) is 39.8 Å². The molecule has 0 N–H and O–H groups in total. The van der Waals surface area contributed by atoms with Gasteiger partial charge in [0.15, 0.2) is 17.4 Å². The third-order valence-corrected chi connectivity index (χ3v) is 3.09. The zero-order valence-corrected chi connectivity index (χ0v) is 12.2. The number of rotatable bonds is 7. The summed E-state index contributed by atoms with van der Waals surface area (Å²) in [5.74, 6) is -2.78. The minimum absolute atomic E-state index is 0.146. The molecule has 0 spiro atoms. The Bertz CT molecular complexity index is 488. The number of nitrogens with zero attached hydrogens (tertiary/aromatic N) is 1. The van der Waals surface area contributed by atoms with E-state index in [-0.39, 0.29) is 6.42 Å². The number of benzene rings is 1. The van der Waals surface area contributed by atoms with E-state index in [0.717, 1.165) is 14.2 Å². The summed E-state index contributed by atoms with van der Waals surface area (Å²) >= 11 is 5.77. The molecule has 0 saturated heterocycles. The Morgan fingerprint density at radius 3 is 2.10 bits per heavy atom. The van der Waals surface area contributed by atoms with Crippen LogP contribution in [0.25, 0.3) is 0 Å². The second kappa shape index (κ2) is 8.21. The standard InChI is InChI=1S/C13H14ClNO6/c1-19-12(16)10(13(17)20-2)7-11(21-15-18)8-3-5-9(14)6-4-8/h3-6,10-11H,7H2,1-2H3. The molecule has 1 aromatic carbocycles. The van der Waals surface area contributed by atoms with E-state index >= 15 is 0 Å². The maximum atomic E-state index is 11.6. The van der Waals surface area contributed by atoms with Crippen molar-refractivity contribution >= 4 is 23.5 Å². The number of halogens is 1. The zero-order chi connectivity index (χ0) is 15.8. The number of hydrogen-bond acceptors (Lipinski definition) is 7. The quantitative estimate of drug-likeness (QED) is 0.332. The number of esters is 2. The van der Waals surface area contributed by atoms with Crippen molar-refractivity contribution in [3.8, 4) is 0 Å². The minimum atomic E-state index is -1.22.